The largest absolute Gasteiger partial charge is 0.484 e. The van der Waals surface area contributed by atoms with Gasteiger partial charge in [-0.1, -0.05) is 5.21 Å². The third-order valence-electron chi connectivity index (χ3n) is 7.80. The van der Waals surface area contributed by atoms with Crippen LogP contribution in [0.2, 0.25) is 0 Å². The van der Waals surface area contributed by atoms with Gasteiger partial charge in [0.25, 0.3) is 11.5 Å². The van der Waals surface area contributed by atoms with Gasteiger partial charge in [0.2, 0.25) is 0 Å². The summed E-state index contributed by atoms with van der Waals surface area (Å²) in [6, 6.07) is 7.85. The van der Waals surface area contributed by atoms with E-state index >= 15 is 0 Å². The standard InChI is InChI=1S/C28H30FN7O4S/c29-18-15-24-26(30-16-18)35(22-9-13-41-14-10-22)28(39)36(27(24)38)21-3-1-19(2-4-21)32-25(37)17-40-23-7-5-20(6-8-23)34-12-11-31-33-34/h5-8,11-12,15-16,19,21-22H,1-4,9-10,13-14,17H2,(H,32,37). The highest BCUT2D eigenvalue weighted by Gasteiger charge is 2.29. The van der Waals surface area contributed by atoms with Crippen molar-refractivity contribution in [2.45, 2.75) is 56.7 Å². The monoisotopic (exact) mass is 579 g/mol. The van der Waals surface area contributed by atoms with Gasteiger partial charge in [-0.3, -0.25) is 18.7 Å². The van der Waals surface area contributed by atoms with Crippen LogP contribution in [0.5, 0.6) is 5.75 Å². The first kappa shape index (κ1) is 27.2. The second-order valence-electron chi connectivity index (χ2n) is 10.4. The zero-order chi connectivity index (χ0) is 28.3. The van der Waals surface area contributed by atoms with Crippen molar-refractivity contribution in [1.82, 2.24) is 34.4 Å². The van der Waals surface area contributed by atoms with Gasteiger partial charge in [0.05, 0.1) is 29.7 Å². The molecule has 0 atom stereocenters. The zero-order valence-electron chi connectivity index (χ0n) is 22.3. The number of carbonyl (C=O) groups excluding carboxylic acids is 1. The van der Waals surface area contributed by atoms with Crippen LogP contribution in [0.3, 0.4) is 0 Å². The number of pyridine rings is 1. The number of rotatable bonds is 7. The Kier molecular flexibility index (Phi) is 7.86. The molecule has 2 aliphatic rings. The number of hydrogen-bond acceptors (Lipinski definition) is 8. The summed E-state index contributed by atoms with van der Waals surface area (Å²) in [5, 5.41) is 10.9. The minimum atomic E-state index is -0.606. The van der Waals surface area contributed by atoms with Crippen LogP contribution in [0.25, 0.3) is 16.7 Å². The molecule has 4 heterocycles. The highest BCUT2D eigenvalue weighted by Crippen LogP contribution is 2.30. The molecular weight excluding hydrogens is 549 g/mol. The maximum atomic E-state index is 14.1. The van der Waals surface area contributed by atoms with Crippen LogP contribution in [0.4, 0.5) is 4.39 Å². The van der Waals surface area contributed by atoms with Crippen LogP contribution in [0.1, 0.15) is 50.6 Å². The summed E-state index contributed by atoms with van der Waals surface area (Å²) in [6.07, 6.45) is 8.27. The van der Waals surface area contributed by atoms with E-state index in [1.807, 2.05) is 23.9 Å². The molecule has 11 nitrogen and oxygen atoms in total. The van der Waals surface area contributed by atoms with E-state index < -0.39 is 11.4 Å². The highest BCUT2D eigenvalue weighted by molar-refractivity contribution is 7.99. The van der Waals surface area contributed by atoms with Gasteiger partial charge < -0.3 is 10.1 Å². The first-order valence-corrected chi connectivity index (χ1v) is 14.9. The van der Waals surface area contributed by atoms with E-state index in [0.29, 0.717) is 31.4 Å². The number of fused-ring (bicyclic) bond motifs is 1. The third-order valence-corrected chi connectivity index (χ3v) is 8.85. The Morgan fingerprint density at radius 3 is 2.46 bits per heavy atom. The van der Waals surface area contributed by atoms with Gasteiger partial charge in [-0.05, 0) is 80.4 Å². The van der Waals surface area contributed by atoms with E-state index in [1.165, 1.54) is 10.6 Å². The van der Waals surface area contributed by atoms with Gasteiger partial charge in [0, 0.05) is 18.1 Å². The van der Waals surface area contributed by atoms with Crippen LogP contribution < -0.4 is 21.3 Å². The fourth-order valence-electron chi connectivity index (χ4n) is 5.74. The second-order valence-corrected chi connectivity index (χ2v) is 11.6. The maximum absolute atomic E-state index is 14.1. The number of amides is 1. The van der Waals surface area contributed by atoms with Crippen LogP contribution in [-0.2, 0) is 4.79 Å². The van der Waals surface area contributed by atoms with Gasteiger partial charge in [0.1, 0.15) is 17.2 Å². The summed E-state index contributed by atoms with van der Waals surface area (Å²) < 4.78 is 24.3. The molecule has 0 spiro atoms. The summed E-state index contributed by atoms with van der Waals surface area (Å²) in [6.45, 7) is -0.129. The molecule has 1 saturated carbocycles. The Labute approximate surface area is 238 Å². The number of halogens is 1. The lowest BCUT2D eigenvalue weighted by Crippen LogP contribution is -2.47. The van der Waals surface area contributed by atoms with Gasteiger partial charge in [-0.2, -0.15) is 11.8 Å². The van der Waals surface area contributed by atoms with Crippen LogP contribution in [0.15, 0.2) is 58.5 Å². The molecule has 1 saturated heterocycles. The molecule has 0 bridgehead atoms. The molecule has 1 amide bonds. The summed E-state index contributed by atoms with van der Waals surface area (Å²) in [5.41, 5.74) is 0.194. The average molecular weight is 580 g/mol. The lowest BCUT2D eigenvalue weighted by atomic mass is 9.91. The van der Waals surface area contributed by atoms with Crippen molar-refractivity contribution in [3.05, 3.63) is 75.6 Å². The van der Waals surface area contributed by atoms with Crippen molar-refractivity contribution in [3.8, 4) is 11.4 Å². The molecule has 1 N–H and O–H groups in total. The zero-order valence-corrected chi connectivity index (χ0v) is 23.1. The number of carbonyl (C=O) groups is 1. The van der Waals surface area contributed by atoms with Crippen molar-refractivity contribution in [3.63, 3.8) is 0 Å². The SMILES string of the molecule is O=C(COc1ccc(-n2ccnn2)cc1)NC1CCC(n2c(=O)c3cc(F)cnc3n(C3CCSCC3)c2=O)CC1. The van der Waals surface area contributed by atoms with E-state index in [9.17, 15) is 18.8 Å². The third kappa shape index (κ3) is 5.76. The topological polar surface area (TPSA) is 126 Å². The minimum absolute atomic E-state index is 0.0783. The normalized spacial score (nSPS) is 19.7. The fourth-order valence-corrected chi connectivity index (χ4v) is 6.82. The number of hydrogen-bond donors (Lipinski definition) is 1. The number of nitrogens with one attached hydrogen (secondary N) is 1. The molecule has 13 heteroatoms. The molecule has 0 unspecified atom stereocenters. The van der Waals surface area contributed by atoms with Crippen molar-refractivity contribution < 1.29 is 13.9 Å². The van der Waals surface area contributed by atoms with Crippen molar-refractivity contribution in [2.24, 2.45) is 0 Å². The smallest absolute Gasteiger partial charge is 0.333 e. The molecule has 4 aromatic rings. The maximum Gasteiger partial charge on any atom is 0.333 e. The number of thioether (sulfide) groups is 1. The Morgan fingerprint density at radius 1 is 1.02 bits per heavy atom. The average Bonchev–Trinajstić information content (AvgIpc) is 3.54. The van der Waals surface area contributed by atoms with E-state index in [1.54, 1.807) is 33.8 Å². The lowest BCUT2D eigenvalue weighted by molar-refractivity contribution is -0.124. The van der Waals surface area contributed by atoms with Gasteiger partial charge in [-0.25, -0.2) is 18.9 Å². The van der Waals surface area contributed by atoms with E-state index in [2.05, 4.69) is 20.6 Å². The molecule has 1 aliphatic carbocycles. The molecule has 1 aliphatic heterocycles. The van der Waals surface area contributed by atoms with Crippen LogP contribution in [-0.4, -0.2) is 59.2 Å². The van der Waals surface area contributed by atoms with Crippen LogP contribution >= 0.6 is 11.8 Å². The summed E-state index contributed by atoms with van der Waals surface area (Å²) in [4.78, 5) is 43.9. The summed E-state index contributed by atoms with van der Waals surface area (Å²) >= 11 is 1.84. The Balaban J connectivity index is 1.11. The molecule has 41 heavy (non-hydrogen) atoms. The fraction of sp³-hybridized carbons (Fsp3) is 0.429. The van der Waals surface area contributed by atoms with E-state index in [4.69, 9.17) is 4.74 Å². The number of nitrogens with zero attached hydrogens (tertiary/aromatic N) is 6. The lowest BCUT2D eigenvalue weighted by Gasteiger charge is -2.31. The second kappa shape index (κ2) is 11.9. The molecule has 3 aromatic heterocycles. The first-order chi connectivity index (χ1) is 20.0. The predicted molar refractivity (Wildman–Crippen MR) is 152 cm³/mol. The van der Waals surface area contributed by atoms with Gasteiger partial charge in [-0.15, -0.1) is 5.10 Å². The Hall–Kier alpha value is -4.00. The molecule has 6 rings (SSSR count). The van der Waals surface area contributed by atoms with Gasteiger partial charge >= 0.3 is 5.69 Å². The molecule has 2 fully saturated rings. The van der Waals surface area contributed by atoms with Gasteiger partial charge in [0.15, 0.2) is 6.61 Å². The minimum Gasteiger partial charge on any atom is -0.484 e. The summed E-state index contributed by atoms with van der Waals surface area (Å²) in [7, 11) is 0. The van der Waals surface area contributed by atoms with E-state index in [0.717, 1.165) is 36.2 Å². The van der Waals surface area contributed by atoms with Crippen molar-refractivity contribution in [1.29, 1.82) is 0 Å². The highest BCUT2D eigenvalue weighted by atomic mass is 32.2. The quantitative estimate of drug-likeness (QED) is 0.354. The molecular formula is C28H30FN7O4S. The predicted octanol–water partition coefficient (Wildman–Crippen LogP) is 3.03. The number of benzene rings is 1. The number of aromatic nitrogens is 6. The van der Waals surface area contributed by atoms with Crippen molar-refractivity contribution in [2.75, 3.05) is 18.1 Å². The molecule has 1 aromatic carbocycles. The Morgan fingerprint density at radius 2 is 1.76 bits per heavy atom. The first-order valence-electron chi connectivity index (χ1n) is 13.8. The number of ether oxygens (including phenoxy) is 1. The van der Waals surface area contributed by atoms with Crippen molar-refractivity contribution >= 4 is 28.7 Å². The summed E-state index contributed by atoms with van der Waals surface area (Å²) in [5.74, 6) is 1.55. The molecule has 214 valence electrons. The molecule has 0 radical (unpaired) electrons. The Bertz CT molecular complexity index is 1640. The van der Waals surface area contributed by atoms with Crippen LogP contribution in [0, 0.1) is 5.82 Å². The van der Waals surface area contributed by atoms with E-state index in [-0.39, 0.29) is 47.4 Å².